The first-order chi connectivity index (χ1) is 14.3. The molecule has 2 fully saturated rings. The van der Waals surface area contributed by atoms with Crippen LogP contribution in [0.3, 0.4) is 0 Å². The van der Waals surface area contributed by atoms with Crippen molar-refractivity contribution in [3.63, 3.8) is 0 Å². The maximum absolute atomic E-state index is 12.6. The Morgan fingerprint density at radius 3 is 2.80 bits per heavy atom. The van der Waals surface area contributed by atoms with Gasteiger partial charge in [-0.2, -0.15) is 9.97 Å². The van der Waals surface area contributed by atoms with Crippen molar-refractivity contribution in [1.29, 1.82) is 0 Å². The van der Waals surface area contributed by atoms with Crippen molar-refractivity contribution in [3.05, 3.63) is 6.33 Å². The molecule has 11 nitrogen and oxygen atoms in total. The van der Waals surface area contributed by atoms with E-state index in [1.807, 2.05) is 20.8 Å². The Morgan fingerprint density at radius 2 is 2.07 bits per heavy atom. The van der Waals surface area contributed by atoms with Crippen LogP contribution >= 0.6 is 0 Å². The van der Waals surface area contributed by atoms with Crippen molar-refractivity contribution < 1.29 is 23.7 Å². The number of unbranched alkanes of at least 4 members (excludes halogenated alkanes) is 1. The fourth-order valence-electron chi connectivity index (χ4n) is 3.79. The maximum Gasteiger partial charge on any atom is 0.252 e. The zero-order valence-electron chi connectivity index (χ0n) is 17.6. The number of likely N-dealkylation sites (N-methyl/N-ethyl adjacent to an activating group) is 1. The van der Waals surface area contributed by atoms with Crippen LogP contribution in [0.25, 0.3) is 11.2 Å². The maximum atomic E-state index is 12.6. The molecular formula is C19H28N6O5. The van der Waals surface area contributed by atoms with Crippen molar-refractivity contribution in [1.82, 2.24) is 24.8 Å². The molecule has 0 radical (unpaired) electrons. The number of rotatable bonds is 7. The van der Waals surface area contributed by atoms with Crippen LogP contribution in [-0.2, 0) is 19.0 Å². The van der Waals surface area contributed by atoms with E-state index >= 15 is 0 Å². The average Bonchev–Trinajstić information content (AvgIpc) is 3.32. The number of carbonyl (C=O) groups excluding carboxylic acids is 1. The van der Waals surface area contributed by atoms with Gasteiger partial charge in [0.05, 0.1) is 12.9 Å². The van der Waals surface area contributed by atoms with Crippen LogP contribution in [0.5, 0.6) is 5.88 Å². The number of ether oxygens (including phenoxy) is 4. The van der Waals surface area contributed by atoms with E-state index in [-0.39, 0.29) is 11.9 Å². The van der Waals surface area contributed by atoms with Gasteiger partial charge in [0, 0.05) is 6.54 Å². The quantitative estimate of drug-likeness (QED) is 0.632. The molecule has 0 unspecified atom stereocenters. The van der Waals surface area contributed by atoms with Gasteiger partial charge in [-0.1, -0.05) is 13.3 Å². The highest BCUT2D eigenvalue weighted by Crippen LogP contribution is 2.44. The van der Waals surface area contributed by atoms with Crippen molar-refractivity contribution in [3.8, 4) is 5.88 Å². The van der Waals surface area contributed by atoms with Gasteiger partial charge in [-0.05, 0) is 27.2 Å². The van der Waals surface area contributed by atoms with Gasteiger partial charge in [0.25, 0.3) is 5.91 Å². The molecule has 2 aromatic rings. The smallest absolute Gasteiger partial charge is 0.252 e. The standard InChI is InChI=1S/C19H28N6O5/c1-5-7-8-27-16-10-14(23-18(20)24-16)25(9-22-10)17-13-11(29-19(3,4)30-13)12(28-17)15(26)21-6-2/h9,11-13,17H,5-8H2,1-4H3,(H,21,26)(H2,20,23,24)/t11-,12+,13-,17-/m1/s1. The number of fused-ring (bicyclic) bond motifs is 2. The summed E-state index contributed by atoms with van der Waals surface area (Å²) in [5, 5.41) is 2.79. The molecule has 2 aliphatic rings. The van der Waals surface area contributed by atoms with Crippen LogP contribution in [-0.4, -0.2) is 62.7 Å². The van der Waals surface area contributed by atoms with E-state index in [2.05, 4.69) is 27.2 Å². The lowest BCUT2D eigenvalue weighted by Gasteiger charge is -2.24. The van der Waals surface area contributed by atoms with Gasteiger partial charge in [0.15, 0.2) is 29.3 Å². The Balaban J connectivity index is 1.70. The SMILES string of the molecule is CCCCOc1nc(N)nc2c1ncn2[C@@H]1O[C@H](C(=O)NCC)[C@H]2OC(C)(C)O[C@H]21. The topological polar surface area (TPSA) is 136 Å². The highest BCUT2D eigenvalue weighted by atomic mass is 16.8. The van der Waals surface area contributed by atoms with Gasteiger partial charge < -0.3 is 30.0 Å². The normalized spacial score (nSPS) is 27.3. The van der Waals surface area contributed by atoms with Crippen LogP contribution < -0.4 is 15.8 Å². The zero-order valence-corrected chi connectivity index (χ0v) is 17.6. The summed E-state index contributed by atoms with van der Waals surface area (Å²) in [4.78, 5) is 25.5. The zero-order chi connectivity index (χ0) is 21.5. The second-order valence-corrected chi connectivity index (χ2v) is 7.82. The Kier molecular flexibility index (Phi) is 5.51. The number of nitrogens with one attached hydrogen (secondary N) is 1. The van der Waals surface area contributed by atoms with Crippen molar-refractivity contribution in [2.24, 2.45) is 0 Å². The molecule has 164 valence electrons. The van der Waals surface area contributed by atoms with E-state index in [0.29, 0.717) is 30.2 Å². The molecule has 2 aromatic heterocycles. The first-order valence-electron chi connectivity index (χ1n) is 10.3. The van der Waals surface area contributed by atoms with Crippen molar-refractivity contribution in [2.75, 3.05) is 18.9 Å². The molecular weight excluding hydrogens is 392 g/mol. The predicted molar refractivity (Wildman–Crippen MR) is 107 cm³/mol. The minimum absolute atomic E-state index is 0.0643. The number of hydrogen-bond acceptors (Lipinski definition) is 9. The lowest BCUT2D eigenvalue weighted by Crippen LogP contribution is -2.42. The lowest BCUT2D eigenvalue weighted by atomic mass is 10.1. The van der Waals surface area contributed by atoms with E-state index in [4.69, 9.17) is 24.7 Å². The number of hydrogen-bond donors (Lipinski definition) is 2. The Labute approximate surface area is 174 Å². The van der Waals surface area contributed by atoms with Gasteiger partial charge >= 0.3 is 0 Å². The molecule has 3 N–H and O–H groups in total. The first-order valence-corrected chi connectivity index (χ1v) is 10.3. The molecule has 4 atom stereocenters. The third-order valence-corrected chi connectivity index (χ3v) is 5.06. The first kappa shape index (κ1) is 20.8. The lowest BCUT2D eigenvalue weighted by molar-refractivity contribution is -0.197. The summed E-state index contributed by atoms with van der Waals surface area (Å²) >= 11 is 0. The van der Waals surface area contributed by atoms with Crippen LogP contribution in [0.1, 0.15) is 46.8 Å². The number of amides is 1. The second kappa shape index (κ2) is 7.97. The van der Waals surface area contributed by atoms with E-state index in [0.717, 1.165) is 12.8 Å². The van der Waals surface area contributed by atoms with Gasteiger partial charge in [-0.25, -0.2) is 4.98 Å². The fraction of sp³-hybridized carbons (Fsp3) is 0.684. The number of anilines is 1. The molecule has 0 saturated carbocycles. The second-order valence-electron chi connectivity index (χ2n) is 7.82. The molecule has 1 amide bonds. The summed E-state index contributed by atoms with van der Waals surface area (Å²) in [5.41, 5.74) is 6.84. The van der Waals surface area contributed by atoms with Crippen molar-refractivity contribution >= 4 is 23.0 Å². The molecule has 0 spiro atoms. The fourth-order valence-corrected chi connectivity index (χ4v) is 3.79. The summed E-state index contributed by atoms with van der Waals surface area (Å²) in [7, 11) is 0. The summed E-state index contributed by atoms with van der Waals surface area (Å²) in [6.07, 6.45) is 0.869. The summed E-state index contributed by atoms with van der Waals surface area (Å²) < 4.78 is 25.6. The number of nitrogens with two attached hydrogens (primary N) is 1. The third-order valence-electron chi connectivity index (χ3n) is 5.06. The molecule has 0 bridgehead atoms. The Morgan fingerprint density at radius 1 is 1.30 bits per heavy atom. The van der Waals surface area contributed by atoms with E-state index in [9.17, 15) is 4.79 Å². The highest BCUT2D eigenvalue weighted by Gasteiger charge is 2.58. The average molecular weight is 420 g/mol. The number of imidazole rings is 1. The predicted octanol–water partition coefficient (Wildman–Crippen LogP) is 1.14. The molecule has 30 heavy (non-hydrogen) atoms. The summed E-state index contributed by atoms with van der Waals surface area (Å²) in [6, 6.07) is 0. The van der Waals surface area contributed by atoms with Gasteiger partial charge in [0.2, 0.25) is 11.8 Å². The van der Waals surface area contributed by atoms with Gasteiger partial charge in [-0.15, -0.1) is 0 Å². The Hall–Kier alpha value is -2.50. The molecule has 4 heterocycles. The van der Waals surface area contributed by atoms with E-state index in [1.165, 1.54) is 0 Å². The van der Waals surface area contributed by atoms with Crippen LogP contribution in [0, 0.1) is 0 Å². The molecule has 11 heteroatoms. The van der Waals surface area contributed by atoms with Gasteiger partial charge in [0.1, 0.15) is 12.2 Å². The minimum atomic E-state index is -0.846. The molecule has 0 aliphatic carbocycles. The Bertz CT molecular complexity index is 932. The van der Waals surface area contributed by atoms with Crippen molar-refractivity contribution in [2.45, 2.75) is 70.9 Å². The molecule has 0 aromatic carbocycles. The summed E-state index contributed by atoms with van der Waals surface area (Å²) in [6.45, 7) is 8.53. The molecule has 2 aliphatic heterocycles. The minimum Gasteiger partial charge on any atom is -0.476 e. The number of nitrogen functional groups attached to an aromatic ring is 1. The monoisotopic (exact) mass is 420 g/mol. The number of aromatic nitrogens is 4. The largest absolute Gasteiger partial charge is 0.476 e. The number of nitrogens with zero attached hydrogens (tertiary/aromatic N) is 4. The van der Waals surface area contributed by atoms with E-state index in [1.54, 1.807) is 10.9 Å². The number of carbonyl (C=O) groups is 1. The third kappa shape index (κ3) is 3.68. The van der Waals surface area contributed by atoms with Gasteiger partial charge in [-0.3, -0.25) is 9.36 Å². The summed E-state index contributed by atoms with van der Waals surface area (Å²) in [5.74, 6) is -0.711. The van der Waals surface area contributed by atoms with Crippen LogP contribution in [0.2, 0.25) is 0 Å². The molecule has 2 saturated heterocycles. The highest BCUT2D eigenvalue weighted by molar-refractivity contribution is 5.82. The van der Waals surface area contributed by atoms with E-state index < -0.39 is 30.3 Å². The molecule has 4 rings (SSSR count). The van der Waals surface area contributed by atoms with Crippen LogP contribution in [0.4, 0.5) is 5.95 Å². The van der Waals surface area contributed by atoms with Crippen LogP contribution in [0.15, 0.2) is 6.33 Å².